The second-order valence-corrected chi connectivity index (χ2v) is 6.01. The highest BCUT2D eigenvalue weighted by atomic mass is 32.1. The molecule has 5 heteroatoms. The topological polar surface area (TPSA) is 44.5 Å². The quantitative estimate of drug-likeness (QED) is 0.650. The summed E-state index contributed by atoms with van der Waals surface area (Å²) in [6.07, 6.45) is 0. The molecule has 1 aliphatic heterocycles. The van der Waals surface area contributed by atoms with Gasteiger partial charge in [0.1, 0.15) is 4.99 Å². The van der Waals surface area contributed by atoms with Crippen LogP contribution in [0.3, 0.4) is 0 Å². The number of hydrogen-bond donors (Lipinski definition) is 1. The van der Waals surface area contributed by atoms with Crippen LogP contribution in [-0.4, -0.2) is 23.3 Å². The third-order valence-corrected chi connectivity index (χ3v) is 3.96. The molecule has 0 amide bonds. The van der Waals surface area contributed by atoms with Crippen LogP contribution in [0.15, 0.2) is 24.3 Å². The van der Waals surface area contributed by atoms with Crippen LogP contribution in [0, 0.1) is 0 Å². The molecule has 18 heavy (non-hydrogen) atoms. The van der Waals surface area contributed by atoms with Crippen LogP contribution >= 0.6 is 12.2 Å². The van der Waals surface area contributed by atoms with Gasteiger partial charge in [-0.3, -0.25) is 0 Å². The Morgan fingerprint density at radius 2 is 1.50 bits per heavy atom. The van der Waals surface area contributed by atoms with Gasteiger partial charge in [0.15, 0.2) is 0 Å². The molecule has 0 radical (unpaired) electrons. The molecule has 96 valence electrons. The lowest BCUT2D eigenvalue weighted by Gasteiger charge is -2.32. The van der Waals surface area contributed by atoms with Crippen LogP contribution in [0.2, 0.25) is 0 Å². The SMILES string of the molecule is CC1(C)OB(c2ccc(C(N)=S)cc2)OC1(C)C. The molecule has 1 fully saturated rings. The van der Waals surface area contributed by atoms with Crippen LogP contribution in [-0.2, 0) is 9.31 Å². The summed E-state index contributed by atoms with van der Waals surface area (Å²) >= 11 is 4.93. The third-order valence-electron chi connectivity index (χ3n) is 3.72. The zero-order chi connectivity index (χ0) is 13.6. The molecule has 0 unspecified atom stereocenters. The first-order valence-corrected chi connectivity index (χ1v) is 6.39. The van der Waals surface area contributed by atoms with Gasteiger partial charge in [0.2, 0.25) is 0 Å². The van der Waals surface area contributed by atoms with Crippen molar-refractivity contribution in [3.05, 3.63) is 29.8 Å². The largest absolute Gasteiger partial charge is 0.494 e. The fourth-order valence-electron chi connectivity index (χ4n) is 1.78. The van der Waals surface area contributed by atoms with Crippen LogP contribution < -0.4 is 11.2 Å². The van der Waals surface area contributed by atoms with Crippen LogP contribution in [0.4, 0.5) is 0 Å². The van der Waals surface area contributed by atoms with Gasteiger partial charge in [-0.15, -0.1) is 0 Å². The number of thiocarbonyl (C=S) groups is 1. The summed E-state index contributed by atoms with van der Waals surface area (Å²) < 4.78 is 11.9. The number of hydrogen-bond acceptors (Lipinski definition) is 3. The number of nitrogens with two attached hydrogens (primary N) is 1. The minimum Gasteiger partial charge on any atom is -0.399 e. The van der Waals surface area contributed by atoms with Crippen molar-refractivity contribution in [2.75, 3.05) is 0 Å². The lowest BCUT2D eigenvalue weighted by molar-refractivity contribution is 0.00578. The first kappa shape index (κ1) is 13.5. The lowest BCUT2D eigenvalue weighted by Crippen LogP contribution is -2.41. The Labute approximate surface area is 114 Å². The molecule has 2 rings (SSSR count). The van der Waals surface area contributed by atoms with E-state index in [2.05, 4.69) is 0 Å². The summed E-state index contributed by atoms with van der Waals surface area (Å²) in [7, 11) is -0.338. The highest BCUT2D eigenvalue weighted by Crippen LogP contribution is 2.36. The first-order chi connectivity index (χ1) is 8.23. The minimum absolute atomic E-state index is 0.320. The maximum absolute atomic E-state index is 5.96. The zero-order valence-corrected chi connectivity index (χ0v) is 12.0. The van der Waals surface area contributed by atoms with E-state index < -0.39 is 0 Å². The van der Waals surface area contributed by atoms with Crippen molar-refractivity contribution >= 4 is 29.8 Å². The summed E-state index contributed by atoms with van der Waals surface area (Å²) in [6.45, 7) is 8.15. The fourth-order valence-corrected chi connectivity index (χ4v) is 1.92. The average Bonchev–Trinajstić information content (AvgIpc) is 2.48. The van der Waals surface area contributed by atoms with Gasteiger partial charge in [-0.25, -0.2) is 0 Å². The van der Waals surface area contributed by atoms with Gasteiger partial charge in [-0.05, 0) is 33.2 Å². The smallest absolute Gasteiger partial charge is 0.399 e. The van der Waals surface area contributed by atoms with E-state index in [4.69, 9.17) is 27.3 Å². The Morgan fingerprint density at radius 1 is 1.06 bits per heavy atom. The molecule has 0 aliphatic carbocycles. The number of benzene rings is 1. The summed E-state index contributed by atoms with van der Waals surface area (Å²) in [5.41, 5.74) is 6.76. The van der Waals surface area contributed by atoms with Crippen molar-refractivity contribution < 1.29 is 9.31 Å². The molecule has 0 aromatic heterocycles. The molecule has 0 bridgehead atoms. The van der Waals surface area contributed by atoms with Gasteiger partial charge < -0.3 is 15.0 Å². The van der Waals surface area contributed by atoms with E-state index in [-0.39, 0.29) is 18.3 Å². The molecule has 0 saturated carbocycles. The van der Waals surface area contributed by atoms with E-state index in [9.17, 15) is 0 Å². The van der Waals surface area contributed by atoms with Gasteiger partial charge in [0, 0.05) is 5.56 Å². The molecule has 0 atom stereocenters. The van der Waals surface area contributed by atoms with Crippen LogP contribution in [0.5, 0.6) is 0 Å². The molecule has 1 aromatic rings. The lowest BCUT2D eigenvalue weighted by atomic mass is 9.79. The molecular weight excluding hydrogens is 245 g/mol. The highest BCUT2D eigenvalue weighted by molar-refractivity contribution is 7.80. The Balaban J connectivity index is 2.22. The van der Waals surface area contributed by atoms with Crippen molar-refractivity contribution in [3.8, 4) is 0 Å². The molecule has 2 N–H and O–H groups in total. The van der Waals surface area contributed by atoms with Crippen LogP contribution in [0.1, 0.15) is 33.3 Å². The summed E-state index contributed by atoms with van der Waals surface area (Å²) in [6, 6.07) is 7.67. The Morgan fingerprint density at radius 3 is 1.89 bits per heavy atom. The van der Waals surface area contributed by atoms with E-state index in [0.717, 1.165) is 11.0 Å². The second kappa shape index (κ2) is 4.33. The highest BCUT2D eigenvalue weighted by Gasteiger charge is 2.51. The standard InChI is InChI=1S/C13H18BNO2S/c1-12(2)13(3,4)17-14(16-12)10-7-5-9(6-8-10)11(15)18/h5-8H,1-4H3,(H2,15,18). The minimum atomic E-state index is -0.338. The normalized spacial score (nSPS) is 21.0. The van der Waals surface area contributed by atoms with E-state index in [1.165, 1.54) is 0 Å². The summed E-state index contributed by atoms with van der Waals surface area (Å²) in [5.74, 6) is 0. The van der Waals surface area contributed by atoms with E-state index in [1.54, 1.807) is 0 Å². The van der Waals surface area contributed by atoms with Gasteiger partial charge >= 0.3 is 7.12 Å². The van der Waals surface area contributed by atoms with Crippen molar-refractivity contribution in [1.29, 1.82) is 0 Å². The summed E-state index contributed by atoms with van der Waals surface area (Å²) in [5, 5.41) is 0. The molecule has 1 aliphatic rings. The predicted octanol–water partition coefficient (Wildman–Crippen LogP) is 1.62. The van der Waals surface area contributed by atoms with Crippen molar-refractivity contribution in [2.45, 2.75) is 38.9 Å². The van der Waals surface area contributed by atoms with E-state index in [1.807, 2.05) is 52.0 Å². The third kappa shape index (κ3) is 2.30. The molecular formula is C13H18BNO2S. The Kier molecular flexibility index (Phi) is 3.26. The molecule has 3 nitrogen and oxygen atoms in total. The molecule has 1 heterocycles. The van der Waals surface area contributed by atoms with Gasteiger partial charge in [-0.2, -0.15) is 0 Å². The van der Waals surface area contributed by atoms with Gasteiger partial charge in [0.25, 0.3) is 0 Å². The maximum Gasteiger partial charge on any atom is 0.494 e. The van der Waals surface area contributed by atoms with Crippen LogP contribution in [0.25, 0.3) is 0 Å². The number of rotatable bonds is 2. The van der Waals surface area contributed by atoms with Crippen molar-refractivity contribution in [3.63, 3.8) is 0 Å². The van der Waals surface area contributed by atoms with Crippen molar-refractivity contribution in [2.24, 2.45) is 5.73 Å². The molecule has 1 aromatic carbocycles. The van der Waals surface area contributed by atoms with E-state index in [0.29, 0.717) is 4.99 Å². The summed E-state index contributed by atoms with van der Waals surface area (Å²) in [4.78, 5) is 0.399. The van der Waals surface area contributed by atoms with Crippen molar-refractivity contribution in [1.82, 2.24) is 0 Å². The first-order valence-electron chi connectivity index (χ1n) is 5.98. The second-order valence-electron chi connectivity index (χ2n) is 5.57. The fraction of sp³-hybridized carbons (Fsp3) is 0.462. The monoisotopic (exact) mass is 263 g/mol. The Hall–Kier alpha value is -0.905. The average molecular weight is 263 g/mol. The predicted molar refractivity (Wildman–Crippen MR) is 78.0 cm³/mol. The Bertz CT molecular complexity index is 454. The van der Waals surface area contributed by atoms with E-state index >= 15 is 0 Å². The van der Waals surface area contributed by atoms with Gasteiger partial charge in [-0.1, -0.05) is 36.5 Å². The maximum atomic E-state index is 5.96. The molecule has 0 spiro atoms. The zero-order valence-electron chi connectivity index (χ0n) is 11.2. The van der Waals surface area contributed by atoms with Gasteiger partial charge in [0.05, 0.1) is 11.2 Å². The molecule has 1 saturated heterocycles.